The van der Waals surface area contributed by atoms with Gasteiger partial charge in [0.05, 0.1) is 6.34 Å². The lowest BCUT2D eigenvalue weighted by Gasteiger charge is -2.04. The fraction of sp³-hybridized carbons (Fsp3) is 0.214. The molecule has 2 N–H and O–H groups in total. The van der Waals surface area contributed by atoms with E-state index >= 15 is 0 Å². The van der Waals surface area contributed by atoms with Gasteiger partial charge in [0.2, 0.25) is 0 Å². The molecule has 1 aromatic carbocycles. The Morgan fingerprint density at radius 2 is 2.25 bits per heavy atom. The summed E-state index contributed by atoms with van der Waals surface area (Å²) in [5.41, 5.74) is 2.41. The highest BCUT2D eigenvalue weighted by atomic mass is 15.2. The molecule has 0 aliphatic carbocycles. The van der Waals surface area contributed by atoms with Crippen LogP contribution in [0, 0.1) is 18.3 Å². The first-order chi connectivity index (χ1) is 9.60. The number of aromatic nitrogens is 2. The molecule has 102 valence electrons. The van der Waals surface area contributed by atoms with E-state index in [0.29, 0.717) is 17.2 Å². The number of nitriles is 1. The van der Waals surface area contributed by atoms with Crippen LogP contribution in [0.3, 0.4) is 0 Å². The fourth-order valence-corrected chi connectivity index (χ4v) is 1.66. The lowest BCUT2D eigenvalue weighted by molar-refractivity contribution is 0.643. The molecule has 20 heavy (non-hydrogen) atoms. The van der Waals surface area contributed by atoms with E-state index in [9.17, 15) is 5.26 Å². The smallest absolute Gasteiger partial charge is 0.172 e. The van der Waals surface area contributed by atoms with Crippen molar-refractivity contribution in [2.24, 2.45) is 4.99 Å². The Balaban J connectivity index is 2.27. The summed E-state index contributed by atoms with van der Waals surface area (Å²) in [7, 11) is 3.72. The summed E-state index contributed by atoms with van der Waals surface area (Å²) in [6.07, 6.45) is 1.62. The molecule has 6 nitrogen and oxygen atoms in total. The van der Waals surface area contributed by atoms with Gasteiger partial charge < -0.3 is 10.2 Å². The van der Waals surface area contributed by atoms with E-state index in [4.69, 9.17) is 0 Å². The van der Waals surface area contributed by atoms with Crippen LogP contribution in [0.25, 0.3) is 0 Å². The van der Waals surface area contributed by atoms with Crippen LogP contribution in [0.5, 0.6) is 0 Å². The van der Waals surface area contributed by atoms with Crippen molar-refractivity contribution in [3.8, 4) is 6.07 Å². The lowest BCUT2D eigenvalue weighted by atomic mass is 10.2. The van der Waals surface area contributed by atoms with Crippen LogP contribution in [-0.4, -0.2) is 35.5 Å². The molecule has 0 bridgehead atoms. The summed E-state index contributed by atoms with van der Waals surface area (Å²) in [5.74, 6) is 0.917. The maximum Gasteiger partial charge on any atom is 0.172 e. The normalized spacial score (nSPS) is 10.5. The van der Waals surface area contributed by atoms with Crippen LogP contribution in [0.4, 0.5) is 17.3 Å². The van der Waals surface area contributed by atoms with Gasteiger partial charge in [0.25, 0.3) is 0 Å². The van der Waals surface area contributed by atoms with E-state index in [-0.39, 0.29) is 0 Å². The molecule has 0 saturated carbocycles. The number of benzene rings is 1. The van der Waals surface area contributed by atoms with Gasteiger partial charge in [-0.3, -0.25) is 5.10 Å². The van der Waals surface area contributed by atoms with Crippen molar-refractivity contribution >= 4 is 23.7 Å². The van der Waals surface area contributed by atoms with Crippen molar-refractivity contribution in [2.45, 2.75) is 6.92 Å². The number of hydrogen-bond donors (Lipinski definition) is 2. The van der Waals surface area contributed by atoms with Crippen LogP contribution in [0.2, 0.25) is 0 Å². The van der Waals surface area contributed by atoms with Crippen molar-refractivity contribution in [1.82, 2.24) is 15.1 Å². The topological polar surface area (TPSA) is 80.1 Å². The molecule has 1 heterocycles. The highest BCUT2D eigenvalue weighted by Crippen LogP contribution is 2.25. The predicted octanol–water partition coefficient (Wildman–Crippen LogP) is 2.55. The van der Waals surface area contributed by atoms with Crippen LogP contribution < -0.4 is 5.32 Å². The summed E-state index contributed by atoms with van der Waals surface area (Å²) in [5, 5.41) is 19.2. The number of aromatic amines is 1. The van der Waals surface area contributed by atoms with Gasteiger partial charge in [0, 0.05) is 19.8 Å². The number of anilines is 2. The van der Waals surface area contributed by atoms with Gasteiger partial charge in [-0.25, -0.2) is 4.99 Å². The van der Waals surface area contributed by atoms with E-state index in [2.05, 4.69) is 26.6 Å². The van der Waals surface area contributed by atoms with Gasteiger partial charge in [0.15, 0.2) is 11.6 Å². The van der Waals surface area contributed by atoms with Crippen molar-refractivity contribution in [1.29, 1.82) is 5.26 Å². The molecule has 2 aromatic rings. The highest BCUT2D eigenvalue weighted by molar-refractivity contribution is 5.71. The minimum atomic E-state index is 0.393. The van der Waals surface area contributed by atoms with Gasteiger partial charge in [-0.15, -0.1) is 0 Å². The predicted molar refractivity (Wildman–Crippen MR) is 79.6 cm³/mol. The van der Waals surface area contributed by atoms with Gasteiger partial charge in [-0.2, -0.15) is 10.4 Å². The molecule has 0 aliphatic heterocycles. The Morgan fingerprint density at radius 1 is 1.45 bits per heavy atom. The van der Waals surface area contributed by atoms with E-state index in [1.54, 1.807) is 11.2 Å². The van der Waals surface area contributed by atoms with Crippen molar-refractivity contribution < 1.29 is 0 Å². The number of nitrogens with zero attached hydrogens (tertiary/aromatic N) is 4. The number of aryl methyl sites for hydroxylation is 1. The summed E-state index contributed by atoms with van der Waals surface area (Å²) >= 11 is 0. The first kappa shape index (κ1) is 13.6. The van der Waals surface area contributed by atoms with Gasteiger partial charge in [0.1, 0.15) is 11.6 Å². The zero-order valence-corrected chi connectivity index (χ0v) is 11.7. The average Bonchev–Trinajstić information content (AvgIpc) is 2.78. The molecule has 0 unspecified atom stereocenters. The van der Waals surface area contributed by atoms with E-state index in [0.717, 1.165) is 11.3 Å². The number of nitrogens with one attached hydrogen (secondary N) is 2. The van der Waals surface area contributed by atoms with Crippen LogP contribution in [0.1, 0.15) is 11.1 Å². The minimum Gasteiger partial charge on any atom is -0.369 e. The van der Waals surface area contributed by atoms with Crippen LogP contribution in [-0.2, 0) is 0 Å². The van der Waals surface area contributed by atoms with E-state index < -0.39 is 0 Å². The average molecular weight is 268 g/mol. The Morgan fingerprint density at radius 3 is 2.90 bits per heavy atom. The first-order valence-electron chi connectivity index (χ1n) is 6.13. The monoisotopic (exact) mass is 268 g/mol. The Hall–Kier alpha value is -2.81. The SMILES string of the molecule is Cc1cccc(Nc2n[nH]c(N=CN(C)C)c2C#N)c1. The summed E-state index contributed by atoms with van der Waals surface area (Å²) in [6.45, 7) is 2.01. The number of H-pyrrole nitrogens is 1. The summed E-state index contributed by atoms with van der Waals surface area (Å²) in [4.78, 5) is 5.96. The van der Waals surface area contributed by atoms with Crippen molar-refractivity contribution in [2.75, 3.05) is 19.4 Å². The molecule has 0 fully saturated rings. The molecular weight excluding hydrogens is 252 g/mol. The fourth-order valence-electron chi connectivity index (χ4n) is 1.66. The maximum absolute atomic E-state index is 9.25. The summed E-state index contributed by atoms with van der Waals surface area (Å²) in [6, 6.07) is 9.97. The third-order valence-corrected chi connectivity index (χ3v) is 2.56. The molecule has 0 aliphatic rings. The molecular formula is C14H16N6. The molecule has 0 atom stereocenters. The van der Waals surface area contributed by atoms with E-state index in [1.165, 1.54) is 0 Å². The van der Waals surface area contributed by atoms with E-state index in [1.807, 2.05) is 45.3 Å². The quantitative estimate of drug-likeness (QED) is 0.659. The zero-order valence-electron chi connectivity index (χ0n) is 11.7. The number of hydrogen-bond acceptors (Lipinski definition) is 4. The molecule has 0 spiro atoms. The van der Waals surface area contributed by atoms with Gasteiger partial charge in [-0.1, -0.05) is 12.1 Å². The molecule has 2 rings (SSSR count). The largest absolute Gasteiger partial charge is 0.369 e. The number of aliphatic imine (C=N–C) groups is 1. The second-order valence-corrected chi connectivity index (χ2v) is 4.61. The summed E-state index contributed by atoms with van der Waals surface area (Å²) < 4.78 is 0. The Kier molecular flexibility index (Phi) is 4.01. The van der Waals surface area contributed by atoms with Gasteiger partial charge >= 0.3 is 0 Å². The molecule has 6 heteroatoms. The molecule has 1 aromatic heterocycles. The van der Waals surface area contributed by atoms with Crippen molar-refractivity contribution in [3.63, 3.8) is 0 Å². The second-order valence-electron chi connectivity index (χ2n) is 4.61. The van der Waals surface area contributed by atoms with Crippen LogP contribution in [0.15, 0.2) is 29.3 Å². The number of rotatable bonds is 4. The maximum atomic E-state index is 9.25. The molecule has 0 saturated heterocycles. The highest BCUT2D eigenvalue weighted by Gasteiger charge is 2.12. The van der Waals surface area contributed by atoms with Crippen molar-refractivity contribution in [3.05, 3.63) is 35.4 Å². The second kappa shape index (κ2) is 5.89. The molecule has 0 radical (unpaired) electrons. The van der Waals surface area contributed by atoms with Gasteiger partial charge in [-0.05, 0) is 24.6 Å². The third-order valence-electron chi connectivity index (χ3n) is 2.56. The zero-order chi connectivity index (χ0) is 14.5. The minimum absolute atomic E-state index is 0.393. The van der Waals surface area contributed by atoms with Crippen LogP contribution >= 0.6 is 0 Å². The molecule has 0 amide bonds. The third kappa shape index (κ3) is 3.14. The lowest BCUT2D eigenvalue weighted by Crippen LogP contribution is -2.07. The standard InChI is InChI=1S/C14H16N6/c1-10-5-4-6-11(7-10)17-14-12(8-15)13(18-19-14)16-9-20(2)3/h4-7,9H,1-3H3,(H2,17,18,19). The Labute approximate surface area is 117 Å². The Bertz CT molecular complexity index is 663. The first-order valence-corrected chi connectivity index (χ1v) is 6.13.